The molecule has 0 aromatic carbocycles. The van der Waals surface area contributed by atoms with Crippen LogP contribution in [-0.4, -0.2) is 74.9 Å². The maximum atomic E-state index is 12.6. The summed E-state index contributed by atoms with van der Waals surface area (Å²) >= 11 is 0. The van der Waals surface area contributed by atoms with Gasteiger partial charge >= 0.3 is 19.8 Å². The van der Waals surface area contributed by atoms with Crippen LogP contribution in [0.3, 0.4) is 0 Å². The van der Waals surface area contributed by atoms with Crippen LogP contribution in [0.5, 0.6) is 0 Å². The number of unbranched alkanes of at least 4 members (excludes halogenated alkanes) is 18. The van der Waals surface area contributed by atoms with Crippen molar-refractivity contribution in [2.75, 3.05) is 47.5 Å². The fourth-order valence-corrected chi connectivity index (χ4v) is 6.37. The average Bonchev–Trinajstić information content (AvgIpc) is 3.15. The van der Waals surface area contributed by atoms with E-state index in [1.807, 2.05) is 33.3 Å². The summed E-state index contributed by atoms with van der Waals surface area (Å²) < 4.78 is 34.1. The Morgan fingerprint density at radius 2 is 1.09 bits per heavy atom. The topological polar surface area (TPSA) is 108 Å². The molecule has 0 fully saturated rings. The summed E-state index contributed by atoms with van der Waals surface area (Å²) in [5.74, 6) is -1.08. The van der Waals surface area contributed by atoms with Crippen LogP contribution in [0.1, 0.15) is 168 Å². The molecule has 1 N–H and O–H groups in total. The number of nitrogens with zero attached hydrogens (tertiary/aromatic N) is 1. The molecule has 324 valence electrons. The molecule has 0 aromatic heterocycles. The van der Waals surface area contributed by atoms with E-state index in [0.29, 0.717) is 17.4 Å². The molecule has 0 saturated heterocycles. The summed E-state index contributed by atoms with van der Waals surface area (Å²) in [6.45, 7) is 4.23. The van der Waals surface area contributed by atoms with Gasteiger partial charge < -0.3 is 18.9 Å². The van der Waals surface area contributed by atoms with Crippen molar-refractivity contribution in [3.05, 3.63) is 60.8 Å². The van der Waals surface area contributed by atoms with Crippen LogP contribution >= 0.6 is 7.82 Å². The smallest absolute Gasteiger partial charge is 0.462 e. The maximum absolute atomic E-state index is 12.6. The monoisotopic (exact) mass is 809 g/mol. The van der Waals surface area contributed by atoms with E-state index in [1.165, 1.54) is 96.0 Å². The standard InChI is InChI=1S/C46H82NO8P/c1-6-8-10-12-14-16-18-20-22-23-25-26-28-30-32-34-36-38-45(48)52-42-44(43-54-56(50,51)53-41-40-47(3,4)5)55-46(49)39-37-35-33-31-29-27-24-21-19-17-15-13-11-9-7-2/h14,16,20,22,25-26,33,35,37,39,44H,6-13,15,17-19,21,23-24,27-32,34,36,38,40-43H2,1-5H3/p+1/b16-14+,22-20+,26-25+,35-33+,39-37+/t44-/m1/s1. The van der Waals surface area contributed by atoms with E-state index < -0.39 is 32.5 Å². The van der Waals surface area contributed by atoms with E-state index in [9.17, 15) is 19.0 Å². The maximum Gasteiger partial charge on any atom is 0.472 e. The minimum Gasteiger partial charge on any atom is -0.462 e. The molecule has 0 spiro atoms. The van der Waals surface area contributed by atoms with Crippen LogP contribution in [0.2, 0.25) is 0 Å². The molecule has 0 saturated carbocycles. The highest BCUT2D eigenvalue weighted by molar-refractivity contribution is 7.47. The quantitative estimate of drug-likeness (QED) is 0.0124. The Labute approximate surface area is 343 Å². The van der Waals surface area contributed by atoms with Gasteiger partial charge in [-0.25, -0.2) is 9.36 Å². The van der Waals surface area contributed by atoms with Gasteiger partial charge in [-0.3, -0.25) is 13.8 Å². The first-order chi connectivity index (χ1) is 27.0. The zero-order valence-electron chi connectivity index (χ0n) is 36.3. The summed E-state index contributed by atoms with van der Waals surface area (Å²) in [7, 11) is 1.40. The Morgan fingerprint density at radius 3 is 1.66 bits per heavy atom. The second-order valence-electron chi connectivity index (χ2n) is 15.8. The SMILES string of the molecule is CCCCC/C=C/C/C=C/C/C=C/CCCCCCC(=O)OC[C@H](COP(=O)(O)OCC[N+](C)(C)C)OC(=O)/C=C/C=C/CCCCCCCCCCCCC. The van der Waals surface area contributed by atoms with Crippen molar-refractivity contribution in [3.63, 3.8) is 0 Å². The molecule has 0 amide bonds. The number of likely N-dealkylation sites (N-methyl/N-ethyl adjacent to an activating group) is 1. The molecule has 1 unspecified atom stereocenters. The summed E-state index contributed by atoms with van der Waals surface area (Å²) in [5, 5.41) is 0. The molecular weight excluding hydrogens is 725 g/mol. The number of hydrogen-bond donors (Lipinski definition) is 1. The molecule has 0 rings (SSSR count). The molecule has 0 aliphatic heterocycles. The van der Waals surface area contributed by atoms with Crippen molar-refractivity contribution in [3.8, 4) is 0 Å². The summed E-state index contributed by atoms with van der Waals surface area (Å²) in [4.78, 5) is 35.2. The van der Waals surface area contributed by atoms with Gasteiger partial charge in [0.15, 0.2) is 6.10 Å². The number of allylic oxidation sites excluding steroid dienone is 9. The molecule has 9 nitrogen and oxygen atoms in total. The van der Waals surface area contributed by atoms with Gasteiger partial charge in [-0.15, -0.1) is 0 Å². The van der Waals surface area contributed by atoms with Crippen LogP contribution in [0.25, 0.3) is 0 Å². The molecule has 56 heavy (non-hydrogen) atoms. The summed E-state index contributed by atoms with van der Waals surface area (Å²) in [6, 6.07) is 0. The van der Waals surface area contributed by atoms with E-state index in [1.54, 1.807) is 6.08 Å². The second-order valence-corrected chi connectivity index (χ2v) is 17.3. The van der Waals surface area contributed by atoms with E-state index in [-0.39, 0.29) is 19.6 Å². The van der Waals surface area contributed by atoms with Crippen LogP contribution in [-0.2, 0) is 32.7 Å². The highest BCUT2D eigenvalue weighted by Crippen LogP contribution is 2.43. The third kappa shape index (κ3) is 41.3. The number of hydrogen-bond acceptors (Lipinski definition) is 7. The van der Waals surface area contributed by atoms with E-state index in [0.717, 1.165) is 51.4 Å². The lowest BCUT2D eigenvalue weighted by molar-refractivity contribution is -0.870. The van der Waals surface area contributed by atoms with Crippen molar-refractivity contribution in [2.45, 2.75) is 174 Å². The van der Waals surface area contributed by atoms with Gasteiger partial charge in [0.25, 0.3) is 0 Å². The highest BCUT2D eigenvalue weighted by Gasteiger charge is 2.26. The van der Waals surface area contributed by atoms with Gasteiger partial charge in [-0.05, 0) is 57.8 Å². The van der Waals surface area contributed by atoms with E-state index in [4.69, 9.17) is 18.5 Å². The molecule has 0 radical (unpaired) electrons. The lowest BCUT2D eigenvalue weighted by atomic mass is 10.1. The number of quaternary nitrogens is 1. The Morgan fingerprint density at radius 1 is 0.607 bits per heavy atom. The van der Waals surface area contributed by atoms with Crippen molar-refractivity contribution in [1.82, 2.24) is 0 Å². The number of carbonyl (C=O) groups excluding carboxylic acids is 2. The summed E-state index contributed by atoms with van der Waals surface area (Å²) in [5.41, 5.74) is 0. The molecule has 0 aromatic rings. The van der Waals surface area contributed by atoms with Crippen molar-refractivity contribution >= 4 is 19.8 Å². The molecule has 2 atom stereocenters. The van der Waals surface area contributed by atoms with Gasteiger partial charge in [0, 0.05) is 12.5 Å². The fraction of sp³-hybridized carbons (Fsp3) is 0.739. The van der Waals surface area contributed by atoms with Crippen molar-refractivity contribution in [2.24, 2.45) is 0 Å². The first-order valence-electron chi connectivity index (χ1n) is 22.1. The molecule has 0 aliphatic rings. The first kappa shape index (κ1) is 53.7. The number of rotatable bonds is 39. The molecule has 0 aliphatic carbocycles. The first-order valence-corrected chi connectivity index (χ1v) is 23.5. The second kappa shape index (κ2) is 38.2. The fourth-order valence-electron chi connectivity index (χ4n) is 5.63. The normalized spacial score (nSPS) is 14.2. The van der Waals surface area contributed by atoms with Crippen LogP contribution in [0.15, 0.2) is 60.8 Å². The molecular formula is C46H83NO8P+. The Bertz CT molecular complexity index is 1140. The number of phosphoric ester groups is 1. The predicted octanol–water partition coefficient (Wildman–Crippen LogP) is 12.5. The van der Waals surface area contributed by atoms with Crippen LogP contribution in [0.4, 0.5) is 0 Å². The van der Waals surface area contributed by atoms with Gasteiger partial charge in [0.1, 0.15) is 19.8 Å². The number of esters is 2. The molecule has 0 bridgehead atoms. The van der Waals surface area contributed by atoms with E-state index >= 15 is 0 Å². The zero-order valence-corrected chi connectivity index (χ0v) is 37.2. The predicted molar refractivity (Wildman–Crippen MR) is 233 cm³/mol. The minimum absolute atomic E-state index is 0.00990. The van der Waals surface area contributed by atoms with Gasteiger partial charge in [-0.2, -0.15) is 0 Å². The third-order valence-corrected chi connectivity index (χ3v) is 10.1. The average molecular weight is 809 g/mol. The van der Waals surface area contributed by atoms with Gasteiger partial charge in [0.2, 0.25) is 0 Å². The Hall–Kier alpha value is -2.29. The van der Waals surface area contributed by atoms with Gasteiger partial charge in [-0.1, -0.05) is 158 Å². The largest absolute Gasteiger partial charge is 0.472 e. The lowest BCUT2D eigenvalue weighted by Gasteiger charge is -2.24. The number of ether oxygens (including phenoxy) is 2. The zero-order chi connectivity index (χ0) is 41.4. The minimum atomic E-state index is -4.41. The van der Waals surface area contributed by atoms with Crippen molar-refractivity contribution in [1.29, 1.82) is 0 Å². The molecule has 0 heterocycles. The van der Waals surface area contributed by atoms with Crippen molar-refractivity contribution < 1.29 is 42.1 Å². The third-order valence-electron chi connectivity index (χ3n) is 9.13. The highest BCUT2D eigenvalue weighted by atomic mass is 31.2. The number of phosphoric acid groups is 1. The number of carbonyl (C=O) groups is 2. The lowest BCUT2D eigenvalue weighted by Crippen LogP contribution is -2.37. The summed E-state index contributed by atoms with van der Waals surface area (Å²) in [6.07, 6.45) is 46.2. The van der Waals surface area contributed by atoms with Crippen LogP contribution in [0, 0.1) is 0 Å². The van der Waals surface area contributed by atoms with E-state index in [2.05, 4.69) is 50.3 Å². The van der Waals surface area contributed by atoms with Crippen LogP contribution < -0.4 is 0 Å². The molecule has 10 heteroatoms. The Balaban J connectivity index is 4.51. The Kier molecular flexibility index (Phi) is 36.7. The van der Waals surface area contributed by atoms with Gasteiger partial charge in [0.05, 0.1) is 27.7 Å².